The molecule has 0 aliphatic rings. The fourth-order valence-corrected chi connectivity index (χ4v) is 2.51. The molecular weight excluding hydrogens is 220 g/mol. The van der Waals surface area contributed by atoms with E-state index in [0.717, 1.165) is 10.5 Å². The monoisotopic (exact) mass is 228 g/mol. The molecule has 0 spiro atoms. The molecule has 0 aliphatic carbocycles. The first kappa shape index (κ1) is 9.30. The van der Waals surface area contributed by atoms with Crippen molar-refractivity contribution in [2.24, 2.45) is 0 Å². The van der Waals surface area contributed by atoms with Crippen LogP contribution in [-0.2, 0) is 0 Å². The molecule has 0 fully saturated rings. The summed E-state index contributed by atoms with van der Waals surface area (Å²) < 4.78 is 2.29. The molecule has 1 aromatic carbocycles. The molecule has 4 heteroatoms. The summed E-state index contributed by atoms with van der Waals surface area (Å²) >= 11 is 1.41. The van der Waals surface area contributed by atoms with Crippen molar-refractivity contribution >= 4 is 22.4 Å². The number of aromatic nitrogens is 2. The van der Waals surface area contributed by atoms with E-state index < -0.39 is 0 Å². The highest BCUT2D eigenvalue weighted by molar-refractivity contribution is 7.15. The molecule has 0 bridgehead atoms. The van der Waals surface area contributed by atoms with Crippen molar-refractivity contribution < 1.29 is 0 Å². The average molecular weight is 228 g/mol. The Kier molecular flexibility index (Phi) is 2.08. The van der Waals surface area contributed by atoms with E-state index >= 15 is 0 Å². The predicted octanol–water partition coefficient (Wildman–Crippen LogP) is 1.30. The van der Waals surface area contributed by atoms with E-state index in [1.54, 1.807) is 16.8 Å². The van der Waals surface area contributed by atoms with E-state index in [1.165, 1.54) is 11.3 Å². The van der Waals surface area contributed by atoms with Gasteiger partial charge in [-0.2, -0.15) is 0 Å². The van der Waals surface area contributed by atoms with Crippen molar-refractivity contribution in [1.29, 1.82) is 0 Å². The Hall–Kier alpha value is -1.94. The van der Waals surface area contributed by atoms with Crippen LogP contribution in [0.4, 0.5) is 0 Å². The zero-order valence-electron chi connectivity index (χ0n) is 8.33. The predicted molar refractivity (Wildman–Crippen MR) is 64.6 cm³/mol. The third-order valence-corrected chi connectivity index (χ3v) is 3.33. The average Bonchev–Trinajstić information content (AvgIpc) is 2.86. The number of fused-ring (bicyclic) bond motifs is 1. The Morgan fingerprint density at radius 2 is 2.06 bits per heavy atom. The summed E-state index contributed by atoms with van der Waals surface area (Å²) in [5, 5.41) is 0. The van der Waals surface area contributed by atoms with Gasteiger partial charge in [0.15, 0.2) is 4.96 Å². The van der Waals surface area contributed by atoms with Gasteiger partial charge < -0.3 is 0 Å². The molecule has 2 aromatic heterocycles. The van der Waals surface area contributed by atoms with Crippen LogP contribution in [0.1, 0.15) is 5.56 Å². The molecular formula is C12H8N2OS. The van der Waals surface area contributed by atoms with Crippen LogP contribution in [0.2, 0.25) is 0 Å². The Labute approximate surface area is 95.3 Å². The van der Waals surface area contributed by atoms with Gasteiger partial charge in [-0.1, -0.05) is 41.7 Å². The number of rotatable bonds is 1. The van der Waals surface area contributed by atoms with Gasteiger partial charge >= 0.3 is 0 Å². The van der Waals surface area contributed by atoms with Gasteiger partial charge in [0.25, 0.3) is 5.56 Å². The minimum atomic E-state index is 0.00125. The van der Waals surface area contributed by atoms with E-state index in [0.29, 0.717) is 4.53 Å². The van der Waals surface area contributed by atoms with Gasteiger partial charge in [-0.25, -0.2) is 4.98 Å². The highest BCUT2D eigenvalue weighted by atomic mass is 32.1. The maximum atomic E-state index is 11.9. The van der Waals surface area contributed by atoms with Crippen LogP contribution in [0.25, 0.3) is 11.0 Å². The molecule has 3 nitrogen and oxygen atoms in total. The fourth-order valence-electron chi connectivity index (χ4n) is 1.57. The van der Waals surface area contributed by atoms with Crippen molar-refractivity contribution in [3.63, 3.8) is 0 Å². The van der Waals surface area contributed by atoms with E-state index in [1.807, 2.05) is 36.4 Å². The largest absolute Gasteiger partial charge is 0.274 e. The third-order valence-electron chi connectivity index (χ3n) is 2.33. The number of thiazole rings is 1. The lowest BCUT2D eigenvalue weighted by Crippen LogP contribution is -2.22. The quantitative estimate of drug-likeness (QED) is 0.629. The van der Waals surface area contributed by atoms with Gasteiger partial charge in [-0.3, -0.25) is 9.20 Å². The van der Waals surface area contributed by atoms with Crippen LogP contribution in [0.5, 0.6) is 0 Å². The van der Waals surface area contributed by atoms with Crippen molar-refractivity contribution in [1.82, 2.24) is 9.38 Å². The number of nitrogens with zero attached hydrogens (tertiary/aromatic N) is 2. The zero-order valence-corrected chi connectivity index (χ0v) is 9.15. The van der Waals surface area contributed by atoms with Gasteiger partial charge in [0.1, 0.15) is 0 Å². The maximum Gasteiger partial charge on any atom is 0.274 e. The van der Waals surface area contributed by atoms with Gasteiger partial charge in [0.2, 0.25) is 0 Å². The molecule has 16 heavy (non-hydrogen) atoms. The molecule has 0 atom stereocenters. The molecule has 0 saturated heterocycles. The molecule has 0 radical (unpaired) electrons. The van der Waals surface area contributed by atoms with Crippen LogP contribution in [0.15, 0.2) is 47.5 Å². The van der Waals surface area contributed by atoms with Crippen molar-refractivity contribution in [2.45, 2.75) is 0 Å². The number of benzene rings is 1. The highest BCUT2D eigenvalue weighted by Crippen LogP contribution is 2.02. The Bertz CT molecular complexity index is 727. The van der Waals surface area contributed by atoms with Crippen molar-refractivity contribution in [2.75, 3.05) is 0 Å². The van der Waals surface area contributed by atoms with Crippen molar-refractivity contribution in [3.8, 4) is 0 Å². The first-order valence-corrected chi connectivity index (χ1v) is 5.69. The molecule has 0 saturated carbocycles. The molecule has 3 aromatic rings. The second-order valence-electron chi connectivity index (χ2n) is 3.41. The van der Waals surface area contributed by atoms with Crippen LogP contribution in [0.3, 0.4) is 0 Å². The van der Waals surface area contributed by atoms with Gasteiger partial charge in [-0.15, -0.1) is 0 Å². The van der Waals surface area contributed by atoms with E-state index in [-0.39, 0.29) is 5.56 Å². The number of hydrogen-bond donors (Lipinski definition) is 0. The zero-order chi connectivity index (χ0) is 11.0. The maximum absolute atomic E-state index is 11.9. The summed E-state index contributed by atoms with van der Waals surface area (Å²) in [5.41, 5.74) is 1.03. The van der Waals surface area contributed by atoms with Gasteiger partial charge in [-0.05, 0) is 11.6 Å². The minimum absolute atomic E-state index is 0.00125. The molecule has 0 unspecified atom stereocenters. The van der Waals surface area contributed by atoms with E-state index in [2.05, 4.69) is 4.98 Å². The lowest BCUT2D eigenvalue weighted by molar-refractivity contribution is 1.14. The normalized spacial score (nSPS) is 12.4. The Morgan fingerprint density at radius 3 is 2.81 bits per heavy atom. The minimum Gasteiger partial charge on any atom is -0.267 e. The van der Waals surface area contributed by atoms with E-state index in [4.69, 9.17) is 0 Å². The van der Waals surface area contributed by atoms with Gasteiger partial charge in [0.05, 0.1) is 4.53 Å². The smallest absolute Gasteiger partial charge is 0.267 e. The fraction of sp³-hybridized carbons (Fsp3) is 0. The highest BCUT2D eigenvalue weighted by Gasteiger charge is 2.02. The molecule has 0 N–H and O–H groups in total. The summed E-state index contributed by atoms with van der Waals surface area (Å²) in [5.74, 6) is 0. The number of hydrogen-bond acceptors (Lipinski definition) is 3. The summed E-state index contributed by atoms with van der Waals surface area (Å²) in [7, 11) is 0. The summed E-state index contributed by atoms with van der Waals surface area (Å²) in [6.07, 6.45) is 5.22. The van der Waals surface area contributed by atoms with Crippen LogP contribution < -0.4 is 10.1 Å². The second kappa shape index (κ2) is 3.57. The molecule has 78 valence electrons. The Balaban J connectivity index is 2.27. The van der Waals surface area contributed by atoms with Crippen LogP contribution >= 0.6 is 11.3 Å². The summed E-state index contributed by atoms with van der Waals surface area (Å²) in [6, 6.07) is 9.81. The molecule has 3 rings (SSSR count). The standard InChI is InChI=1S/C12H8N2OS/c15-11-10(8-9-4-2-1-3-5-9)16-12-13-6-7-14(11)12/h1-8H/b10-8-. The second-order valence-corrected chi connectivity index (χ2v) is 4.42. The lowest BCUT2D eigenvalue weighted by Gasteiger charge is -1.87. The third kappa shape index (κ3) is 1.44. The van der Waals surface area contributed by atoms with Gasteiger partial charge in [0, 0.05) is 12.4 Å². The topological polar surface area (TPSA) is 34.4 Å². The lowest BCUT2D eigenvalue weighted by atomic mass is 10.2. The molecule has 2 heterocycles. The first-order valence-electron chi connectivity index (χ1n) is 4.87. The summed E-state index contributed by atoms with van der Waals surface area (Å²) in [6.45, 7) is 0. The Morgan fingerprint density at radius 1 is 1.25 bits per heavy atom. The first-order chi connectivity index (χ1) is 7.84. The molecule has 0 aliphatic heterocycles. The SMILES string of the molecule is O=c1/c(=C/c2ccccc2)sc2nccn12. The number of imidazole rings is 1. The van der Waals surface area contributed by atoms with E-state index in [9.17, 15) is 4.79 Å². The summed E-state index contributed by atoms with van der Waals surface area (Å²) in [4.78, 5) is 16.7. The van der Waals surface area contributed by atoms with Crippen LogP contribution in [0, 0.1) is 0 Å². The van der Waals surface area contributed by atoms with Crippen molar-refractivity contribution in [3.05, 3.63) is 63.2 Å². The van der Waals surface area contributed by atoms with Crippen LogP contribution in [-0.4, -0.2) is 9.38 Å². The molecule has 0 amide bonds.